The van der Waals surface area contributed by atoms with E-state index in [1.807, 2.05) is 17.0 Å². The molecule has 0 radical (unpaired) electrons. The van der Waals surface area contributed by atoms with Crippen molar-refractivity contribution in [2.75, 3.05) is 31.1 Å². The lowest BCUT2D eigenvalue weighted by atomic mass is 10.0. The first-order valence-corrected chi connectivity index (χ1v) is 12.7. The highest BCUT2D eigenvalue weighted by molar-refractivity contribution is 7.18. The highest BCUT2D eigenvalue weighted by Gasteiger charge is 2.26. The molecule has 0 unspecified atom stereocenters. The molecule has 4 rings (SSSR count). The van der Waals surface area contributed by atoms with Gasteiger partial charge in [0.2, 0.25) is 0 Å². The smallest absolute Gasteiger partial charge is 0.253 e. The summed E-state index contributed by atoms with van der Waals surface area (Å²) in [4.78, 5) is 29.4. The van der Waals surface area contributed by atoms with Crippen molar-refractivity contribution in [3.05, 3.63) is 51.7 Å². The van der Waals surface area contributed by atoms with E-state index in [1.165, 1.54) is 40.7 Å². The summed E-state index contributed by atoms with van der Waals surface area (Å²) in [5, 5.41) is 1.18. The van der Waals surface area contributed by atoms with Crippen molar-refractivity contribution in [2.24, 2.45) is 0 Å². The highest BCUT2D eigenvalue weighted by atomic mass is 32.1. The van der Waals surface area contributed by atoms with Crippen molar-refractivity contribution >= 4 is 33.3 Å². The molecule has 3 heterocycles. The summed E-state index contributed by atoms with van der Waals surface area (Å²) in [5.74, 6) is 2.07. The molecule has 1 amide bonds. The molecule has 1 saturated heterocycles. The number of anilines is 1. The molecule has 1 fully saturated rings. The van der Waals surface area contributed by atoms with E-state index < -0.39 is 0 Å². The van der Waals surface area contributed by atoms with Gasteiger partial charge in [0.1, 0.15) is 16.5 Å². The average Bonchev–Trinajstić information content (AvgIpc) is 3.12. The Bertz CT molecular complexity index is 1080. The lowest BCUT2D eigenvalue weighted by molar-refractivity contribution is 0.0746. The molecule has 6 heteroatoms. The maximum atomic E-state index is 13.1. The second-order valence-corrected chi connectivity index (χ2v) is 9.92. The maximum absolute atomic E-state index is 13.1. The fraction of sp³-hybridized carbons (Fsp3) is 0.500. The van der Waals surface area contributed by atoms with Crippen LogP contribution in [0.2, 0.25) is 0 Å². The highest BCUT2D eigenvalue weighted by Crippen LogP contribution is 2.35. The van der Waals surface area contributed by atoms with Gasteiger partial charge in [0.15, 0.2) is 0 Å². The summed E-state index contributed by atoms with van der Waals surface area (Å²) >= 11 is 1.75. The average molecular weight is 451 g/mol. The first kappa shape index (κ1) is 22.7. The van der Waals surface area contributed by atoms with E-state index in [4.69, 9.17) is 9.97 Å². The van der Waals surface area contributed by atoms with Crippen LogP contribution in [-0.4, -0.2) is 47.0 Å². The van der Waals surface area contributed by atoms with Gasteiger partial charge in [0.25, 0.3) is 5.91 Å². The van der Waals surface area contributed by atoms with Crippen LogP contribution in [0.5, 0.6) is 0 Å². The second-order valence-electron chi connectivity index (χ2n) is 8.71. The largest absolute Gasteiger partial charge is 0.352 e. The van der Waals surface area contributed by atoms with Crippen molar-refractivity contribution in [2.45, 2.75) is 59.8 Å². The van der Waals surface area contributed by atoms with Gasteiger partial charge in [-0.2, -0.15) is 0 Å². The van der Waals surface area contributed by atoms with Crippen LogP contribution in [-0.2, 0) is 12.8 Å². The normalized spacial score (nSPS) is 14.4. The quantitative estimate of drug-likeness (QED) is 0.442. The third-order valence-electron chi connectivity index (χ3n) is 6.51. The zero-order chi connectivity index (χ0) is 22.7. The number of unbranched alkanes of at least 4 members (excludes halogenated alkanes) is 2. The minimum atomic E-state index is 0.134. The second kappa shape index (κ2) is 9.99. The van der Waals surface area contributed by atoms with Crippen LogP contribution in [0.25, 0.3) is 10.2 Å². The van der Waals surface area contributed by atoms with Gasteiger partial charge in [-0.15, -0.1) is 11.3 Å². The summed E-state index contributed by atoms with van der Waals surface area (Å²) in [5.41, 5.74) is 3.39. The standard InChI is InChI=1S/C26H34N4OS/c1-5-7-8-9-20-10-12-21(13-11-20)26(31)30-16-14-29(15-17-30)24-23-18(3)19(4)32-25(23)28-22(6-2)27-24/h10-13H,5-9,14-17H2,1-4H3. The van der Waals surface area contributed by atoms with E-state index in [0.717, 1.165) is 48.0 Å². The Hall–Kier alpha value is -2.47. The number of carbonyl (C=O) groups excluding carboxylic acids is 1. The number of carbonyl (C=O) groups is 1. The molecule has 32 heavy (non-hydrogen) atoms. The molecule has 0 atom stereocenters. The number of rotatable bonds is 7. The topological polar surface area (TPSA) is 49.3 Å². The summed E-state index contributed by atoms with van der Waals surface area (Å²) in [6, 6.07) is 8.22. The van der Waals surface area contributed by atoms with E-state index in [9.17, 15) is 4.79 Å². The molecule has 0 N–H and O–H groups in total. The number of thiophene rings is 1. The number of hydrogen-bond donors (Lipinski definition) is 0. The van der Waals surface area contributed by atoms with Crippen LogP contribution in [0.1, 0.15) is 65.3 Å². The van der Waals surface area contributed by atoms with Gasteiger partial charge in [0.05, 0.1) is 5.39 Å². The summed E-state index contributed by atoms with van der Waals surface area (Å²) in [6.07, 6.45) is 5.62. The Morgan fingerprint density at radius 2 is 1.72 bits per heavy atom. The number of aryl methyl sites for hydroxylation is 4. The molecule has 5 nitrogen and oxygen atoms in total. The molecular weight excluding hydrogens is 416 g/mol. The van der Waals surface area contributed by atoms with Crippen molar-refractivity contribution < 1.29 is 4.79 Å². The van der Waals surface area contributed by atoms with Gasteiger partial charge in [-0.1, -0.05) is 38.8 Å². The van der Waals surface area contributed by atoms with Crippen LogP contribution in [0.15, 0.2) is 24.3 Å². The lowest BCUT2D eigenvalue weighted by Crippen LogP contribution is -2.49. The molecule has 3 aromatic rings. The predicted octanol–water partition coefficient (Wildman–Crippen LogP) is 5.57. The Morgan fingerprint density at radius 1 is 1.00 bits per heavy atom. The number of amides is 1. The van der Waals surface area contributed by atoms with Crippen LogP contribution < -0.4 is 4.90 Å². The SMILES string of the molecule is CCCCCc1ccc(C(=O)N2CCN(c3nc(CC)nc4sc(C)c(C)c34)CC2)cc1. The van der Waals surface area contributed by atoms with E-state index in [0.29, 0.717) is 13.1 Å². The van der Waals surface area contributed by atoms with Gasteiger partial charge >= 0.3 is 0 Å². The fourth-order valence-electron chi connectivity index (χ4n) is 4.36. The summed E-state index contributed by atoms with van der Waals surface area (Å²) in [7, 11) is 0. The maximum Gasteiger partial charge on any atom is 0.253 e. The van der Waals surface area contributed by atoms with E-state index in [2.05, 4.69) is 44.7 Å². The van der Waals surface area contributed by atoms with Gasteiger partial charge < -0.3 is 9.80 Å². The number of piperazine rings is 1. The molecule has 2 aromatic heterocycles. The van der Waals surface area contributed by atoms with Gasteiger partial charge in [-0.05, 0) is 49.9 Å². The zero-order valence-corrected chi connectivity index (χ0v) is 20.6. The minimum Gasteiger partial charge on any atom is -0.352 e. The number of benzene rings is 1. The first-order chi connectivity index (χ1) is 15.5. The molecule has 1 aliphatic heterocycles. The van der Waals surface area contributed by atoms with Gasteiger partial charge in [0, 0.05) is 43.0 Å². The molecule has 170 valence electrons. The molecular formula is C26H34N4OS. The van der Waals surface area contributed by atoms with Crippen LogP contribution in [0.3, 0.4) is 0 Å². The Labute approximate surface area is 195 Å². The van der Waals surface area contributed by atoms with Crippen LogP contribution >= 0.6 is 11.3 Å². The van der Waals surface area contributed by atoms with Gasteiger partial charge in [-0.3, -0.25) is 4.79 Å². The molecule has 0 spiro atoms. The fourth-order valence-corrected chi connectivity index (χ4v) is 5.40. The third kappa shape index (κ3) is 4.65. The molecule has 1 aliphatic rings. The van der Waals surface area contributed by atoms with E-state index in [-0.39, 0.29) is 5.91 Å². The number of nitrogens with zero attached hydrogens (tertiary/aromatic N) is 4. The number of fused-ring (bicyclic) bond motifs is 1. The van der Waals surface area contributed by atoms with E-state index >= 15 is 0 Å². The van der Waals surface area contributed by atoms with E-state index in [1.54, 1.807) is 11.3 Å². The van der Waals surface area contributed by atoms with Crippen molar-refractivity contribution in [3.8, 4) is 0 Å². The predicted molar refractivity (Wildman–Crippen MR) is 134 cm³/mol. The summed E-state index contributed by atoms with van der Waals surface area (Å²) < 4.78 is 0. The molecule has 1 aromatic carbocycles. The summed E-state index contributed by atoms with van der Waals surface area (Å²) in [6.45, 7) is 11.7. The van der Waals surface area contributed by atoms with Crippen molar-refractivity contribution in [1.29, 1.82) is 0 Å². The monoisotopic (exact) mass is 450 g/mol. The van der Waals surface area contributed by atoms with Crippen molar-refractivity contribution in [1.82, 2.24) is 14.9 Å². The molecule has 0 aliphatic carbocycles. The van der Waals surface area contributed by atoms with Crippen LogP contribution in [0.4, 0.5) is 5.82 Å². The third-order valence-corrected chi connectivity index (χ3v) is 7.61. The minimum absolute atomic E-state index is 0.134. The molecule has 0 bridgehead atoms. The number of aromatic nitrogens is 2. The number of hydrogen-bond acceptors (Lipinski definition) is 5. The zero-order valence-electron chi connectivity index (χ0n) is 19.8. The lowest BCUT2D eigenvalue weighted by Gasteiger charge is -2.36. The van der Waals surface area contributed by atoms with Crippen molar-refractivity contribution in [3.63, 3.8) is 0 Å². The molecule has 0 saturated carbocycles. The Balaban J connectivity index is 1.45. The first-order valence-electron chi connectivity index (χ1n) is 11.9. The Kier molecular flexibility index (Phi) is 7.09. The van der Waals surface area contributed by atoms with Gasteiger partial charge in [-0.25, -0.2) is 9.97 Å². The Morgan fingerprint density at radius 3 is 2.38 bits per heavy atom. The van der Waals surface area contributed by atoms with Crippen LogP contribution in [0, 0.1) is 13.8 Å².